The van der Waals surface area contributed by atoms with E-state index in [0.717, 1.165) is 89.9 Å². The molecule has 0 spiro atoms. The normalized spacial score (nSPS) is 14.1. The average Bonchev–Trinajstić information content (AvgIpc) is 3.50. The fraction of sp³-hybridized carbons (Fsp3) is 0.941. The smallest absolute Gasteiger partial charge is 0.462 e. The van der Waals surface area contributed by atoms with Gasteiger partial charge in [-0.2, -0.15) is 0 Å². The van der Waals surface area contributed by atoms with Crippen molar-refractivity contribution in [1.29, 1.82) is 0 Å². The van der Waals surface area contributed by atoms with Crippen LogP contribution >= 0.6 is 15.6 Å². The number of hydrogen-bond donors (Lipinski definition) is 3. The minimum Gasteiger partial charge on any atom is -0.462 e. The Morgan fingerprint density at radius 2 is 0.460 bits per heavy atom. The van der Waals surface area contributed by atoms with Gasteiger partial charge in [0.2, 0.25) is 0 Å². The van der Waals surface area contributed by atoms with Crippen LogP contribution in [0, 0.1) is 0 Å². The molecule has 0 rings (SSSR count). The molecule has 19 heteroatoms. The van der Waals surface area contributed by atoms with Crippen LogP contribution in [0.15, 0.2) is 0 Å². The average molecular weight is 1280 g/mol. The highest BCUT2D eigenvalue weighted by Gasteiger charge is 2.30. The van der Waals surface area contributed by atoms with Gasteiger partial charge in [-0.25, -0.2) is 9.13 Å². The Balaban J connectivity index is 5.23. The van der Waals surface area contributed by atoms with Crippen LogP contribution in [0.5, 0.6) is 0 Å². The van der Waals surface area contributed by atoms with Crippen LogP contribution in [0.1, 0.15) is 355 Å². The van der Waals surface area contributed by atoms with E-state index >= 15 is 0 Å². The van der Waals surface area contributed by atoms with Crippen LogP contribution in [0.2, 0.25) is 0 Å². The summed E-state index contributed by atoms with van der Waals surface area (Å²) < 4.78 is 68.2. The fourth-order valence-electron chi connectivity index (χ4n) is 10.3. The number of rotatable bonds is 69. The van der Waals surface area contributed by atoms with Gasteiger partial charge in [-0.15, -0.1) is 0 Å². The summed E-state index contributed by atoms with van der Waals surface area (Å²) in [6, 6.07) is 0. The molecule has 0 aromatic heterocycles. The Hall–Kier alpha value is -1.94. The van der Waals surface area contributed by atoms with Gasteiger partial charge in [0.1, 0.15) is 19.3 Å². The van der Waals surface area contributed by atoms with Gasteiger partial charge in [-0.3, -0.25) is 37.3 Å². The third kappa shape index (κ3) is 62.6. The fourth-order valence-corrected chi connectivity index (χ4v) is 11.9. The highest BCUT2D eigenvalue weighted by molar-refractivity contribution is 7.47. The first-order valence-corrected chi connectivity index (χ1v) is 38.8. The standard InChI is InChI=1S/C68H132O17P2/c1-5-9-13-17-21-25-28-30-32-35-39-43-47-51-55-68(73)85-64(59-79-66(71)53-49-45-41-37-34-31-29-26-22-18-14-10-6-2)61-83-87(76,77)81-57-62(69)56-80-86(74,75)82-60-63(58-78-65(70)52-48-44-40-36-24-20-16-12-8-4)84-67(72)54-50-46-42-38-33-27-23-19-15-11-7-3/h62-64,69H,5-61H2,1-4H3,(H,74,75)(H,76,77)/t62-,63+,64+/m0/s1. The molecule has 0 aliphatic heterocycles. The number of phosphoric acid groups is 2. The molecule has 2 unspecified atom stereocenters. The number of carbonyl (C=O) groups excluding carboxylic acids is 4. The minimum absolute atomic E-state index is 0.107. The lowest BCUT2D eigenvalue weighted by molar-refractivity contribution is -0.161. The van der Waals surface area contributed by atoms with Crippen LogP contribution in [0.25, 0.3) is 0 Å². The monoisotopic (exact) mass is 1280 g/mol. The van der Waals surface area contributed by atoms with Crippen molar-refractivity contribution >= 4 is 39.5 Å². The Morgan fingerprint density at radius 3 is 0.678 bits per heavy atom. The van der Waals surface area contributed by atoms with Crippen molar-refractivity contribution in [1.82, 2.24) is 0 Å². The summed E-state index contributed by atoms with van der Waals surface area (Å²) >= 11 is 0. The zero-order chi connectivity index (χ0) is 64.0. The van der Waals surface area contributed by atoms with E-state index in [1.807, 2.05) is 0 Å². The predicted octanol–water partition coefficient (Wildman–Crippen LogP) is 19.5. The Kier molecular flexibility index (Phi) is 61.4. The molecule has 0 aromatic rings. The van der Waals surface area contributed by atoms with E-state index in [0.29, 0.717) is 25.7 Å². The number of ether oxygens (including phenoxy) is 4. The molecule has 0 bridgehead atoms. The van der Waals surface area contributed by atoms with Gasteiger partial charge in [-0.05, 0) is 25.7 Å². The van der Waals surface area contributed by atoms with E-state index in [1.54, 1.807) is 0 Å². The molecule has 0 aromatic carbocycles. The maximum absolute atomic E-state index is 13.0. The van der Waals surface area contributed by atoms with Crippen LogP contribution < -0.4 is 0 Å². The molecule has 0 heterocycles. The number of aliphatic hydroxyl groups excluding tert-OH is 1. The second kappa shape index (κ2) is 62.8. The molecule has 0 aliphatic carbocycles. The largest absolute Gasteiger partial charge is 0.472 e. The van der Waals surface area contributed by atoms with Gasteiger partial charge in [0.05, 0.1) is 26.4 Å². The summed E-state index contributed by atoms with van der Waals surface area (Å²) in [5.74, 6) is -2.12. The maximum atomic E-state index is 13.0. The van der Waals surface area contributed by atoms with E-state index in [1.165, 1.54) is 186 Å². The van der Waals surface area contributed by atoms with Crippen molar-refractivity contribution < 1.29 is 80.2 Å². The van der Waals surface area contributed by atoms with Gasteiger partial charge in [0.15, 0.2) is 12.2 Å². The lowest BCUT2D eigenvalue weighted by Crippen LogP contribution is -2.30. The zero-order valence-corrected chi connectivity index (χ0v) is 57.8. The quantitative estimate of drug-likeness (QED) is 0.0222. The molecule has 0 amide bonds. The molecule has 3 N–H and O–H groups in total. The number of esters is 4. The Morgan fingerprint density at radius 1 is 0.276 bits per heavy atom. The number of hydrogen-bond acceptors (Lipinski definition) is 15. The molecule has 0 saturated carbocycles. The number of unbranched alkanes of at least 4 members (excludes halogenated alkanes) is 43. The van der Waals surface area contributed by atoms with Crippen molar-refractivity contribution in [2.75, 3.05) is 39.6 Å². The lowest BCUT2D eigenvalue weighted by Gasteiger charge is -2.21. The van der Waals surface area contributed by atoms with Crippen molar-refractivity contribution in [2.45, 2.75) is 373 Å². The molecule has 0 saturated heterocycles. The van der Waals surface area contributed by atoms with Crippen LogP contribution in [-0.4, -0.2) is 96.7 Å². The van der Waals surface area contributed by atoms with E-state index in [4.69, 9.17) is 37.0 Å². The third-order valence-electron chi connectivity index (χ3n) is 15.9. The summed E-state index contributed by atoms with van der Waals surface area (Å²) in [4.78, 5) is 72.4. The number of phosphoric ester groups is 2. The van der Waals surface area contributed by atoms with Gasteiger partial charge in [0, 0.05) is 25.7 Å². The highest BCUT2D eigenvalue weighted by atomic mass is 31.2. The first-order valence-electron chi connectivity index (χ1n) is 35.8. The zero-order valence-electron chi connectivity index (χ0n) is 56.0. The molecule has 0 aliphatic rings. The van der Waals surface area contributed by atoms with E-state index in [2.05, 4.69) is 27.7 Å². The maximum Gasteiger partial charge on any atom is 0.472 e. The Bertz CT molecular complexity index is 1670. The van der Waals surface area contributed by atoms with Crippen molar-refractivity contribution in [3.63, 3.8) is 0 Å². The number of aliphatic hydroxyl groups is 1. The molecule has 5 atom stereocenters. The van der Waals surface area contributed by atoms with Gasteiger partial charge >= 0.3 is 39.5 Å². The SMILES string of the molecule is CCCCCCCCCCCCCCCCC(=O)O[C@H](COC(=O)CCCCCCCCCCCCCCC)COP(=O)(O)OC[C@@H](O)COP(=O)(O)OC[C@@H](COC(=O)CCCCCCCCCCC)OC(=O)CCCCCCCCCCCCC. The second-order valence-corrected chi connectivity index (χ2v) is 27.5. The van der Waals surface area contributed by atoms with Crippen molar-refractivity contribution in [3.05, 3.63) is 0 Å². The number of carbonyl (C=O) groups is 4. The van der Waals surface area contributed by atoms with E-state index < -0.39 is 97.5 Å². The molecule has 0 fully saturated rings. The molecule has 0 radical (unpaired) electrons. The van der Waals surface area contributed by atoms with Crippen LogP contribution in [0.3, 0.4) is 0 Å². The van der Waals surface area contributed by atoms with Crippen LogP contribution in [0.4, 0.5) is 0 Å². The summed E-state index contributed by atoms with van der Waals surface area (Å²) in [6.45, 7) is 4.92. The summed E-state index contributed by atoms with van der Waals surface area (Å²) in [6.07, 6.45) is 49.7. The third-order valence-corrected chi connectivity index (χ3v) is 17.8. The second-order valence-electron chi connectivity index (χ2n) is 24.6. The van der Waals surface area contributed by atoms with Gasteiger partial charge < -0.3 is 33.8 Å². The van der Waals surface area contributed by atoms with Crippen molar-refractivity contribution in [3.8, 4) is 0 Å². The molecule has 87 heavy (non-hydrogen) atoms. The molecule has 516 valence electrons. The first-order chi connectivity index (χ1) is 42.2. The van der Waals surface area contributed by atoms with Gasteiger partial charge in [0.25, 0.3) is 0 Å². The topological polar surface area (TPSA) is 237 Å². The molecule has 17 nitrogen and oxygen atoms in total. The van der Waals surface area contributed by atoms with Gasteiger partial charge in [-0.1, -0.05) is 304 Å². The summed E-state index contributed by atoms with van der Waals surface area (Å²) in [5.41, 5.74) is 0. The van der Waals surface area contributed by atoms with E-state index in [-0.39, 0.29) is 25.7 Å². The molecular formula is C68H132O17P2. The summed E-state index contributed by atoms with van der Waals surface area (Å²) in [7, 11) is -9.89. The molecular weight excluding hydrogens is 1150 g/mol. The van der Waals surface area contributed by atoms with Crippen molar-refractivity contribution in [2.24, 2.45) is 0 Å². The minimum atomic E-state index is -4.95. The first kappa shape index (κ1) is 85.1. The lowest BCUT2D eigenvalue weighted by atomic mass is 10.0. The van der Waals surface area contributed by atoms with Crippen LogP contribution in [-0.2, 0) is 65.4 Å². The summed E-state index contributed by atoms with van der Waals surface area (Å²) in [5, 5.41) is 10.6. The predicted molar refractivity (Wildman–Crippen MR) is 349 cm³/mol. The van der Waals surface area contributed by atoms with E-state index in [9.17, 15) is 43.2 Å². The highest BCUT2D eigenvalue weighted by Crippen LogP contribution is 2.45. The Labute approximate surface area is 530 Å².